The van der Waals surface area contributed by atoms with Gasteiger partial charge in [0.15, 0.2) is 0 Å². The molecule has 7 heteroatoms. The predicted molar refractivity (Wildman–Crippen MR) is 101 cm³/mol. The molecule has 0 bridgehead atoms. The Morgan fingerprint density at radius 3 is 2.41 bits per heavy atom. The van der Waals surface area contributed by atoms with Gasteiger partial charge in [0, 0.05) is 26.5 Å². The van der Waals surface area contributed by atoms with Crippen molar-refractivity contribution in [1.82, 2.24) is 18.5 Å². The lowest BCUT2D eigenvalue weighted by Gasteiger charge is -2.14. The Morgan fingerprint density at radius 2 is 1.70 bits per heavy atom. The summed E-state index contributed by atoms with van der Waals surface area (Å²) < 4.78 is 17.6. The van der Waals surface area contributed by atoms with Gasteiger partial charge in [-0.05, 0) is 54.4 Å². The van der Waals surface area contributed by atoms with Gasteiger partial charge in [0.05, 0.1) is 17.0 Å². The third-order valence-electron chi connectivity index (χ3n) is 4.65. The molecule has 4 rings (SSSR count). The Kier molecular flexibility index (Phi) is 3.80. The molecule has 0 N–H and O–H groups in total. The van der Waals surface area contributed by atoms with Crippen molar-refractivity contribution in [1.29, 1.82) is 0 Å². The number of aryl methyl sites for hydroxylation is 1. The Balaban J connectivity index is 2.10. The van der Waals surface area contributed by atoms with Crippen molar-refractivity contribution >= 4 is 5.65 Å². The highest BCUT2D eigenvalue weighted by Gasteiger charge is 2.21. The second-order valence-corrected chi connectivity index (χ2v) is 6.53. The van der Waals surface area contributed by atoms with E-state index in [2.05, 4.69) is 4.98 Å². The van der Waals surface area contributed by atoms with Gasteiger partial charge in [0.1, 0.15) is 11.5 Å². The topological polar surface area (TPSA) is 61.3 Å². The lowest BCUT2D eigenvalue weighted by molar-refractivity contribution is 0.628. The lowest BCUT2D eigenvalue weighted by atomic mass is 10.0. The SMILES string of the molecule is Cc1ccn2cc(-c3c(-c4ccc(F)cc4)n(C)c(=O)n(C)c3=O)nc2c1. The molecule has 3 aromatic heterocycles. The van der Waals surface area contributed by atoms with Crippen LogP contribution in [-0.2, 0) is 14.1 Å². The van der Waals surface area contributed by atoms with Gasteiger partial charge in [-0.15, -0.1) is 0 Å². The van der Waals surface area contributed by atoms with Crippen molar-refractivity contribution in [3.8, 4) is 22.5 Å². The van der Waals surface area contributed by atoms with Crippen LogP contribution in [0.15, 0.2) is 58.4 Å². The van der Waals surface area contributed by atoms with Gasteiger partial charge in [0.25, 0.3) is 5.56 Å². The van der Waals surface area contributed by atoms with Crippen molar-refractivity contribution < 1.29 is 4.39 Å². The number of halogens is 1. The van der Waals surface area contributed by atoms with Gasteiger partial charge in [-0.2, -0.15) is 0 Å². The van der Waals surface area contributed by atoms with Crippen LogP contribution >= 0.6 is 0 Å². The Labute approximate surface area is 153 Å². The summed E-state index contributed by atoms with van der Waals surface area (Å²) in [5.41, 5.74) is 2.57. The normalized spacial score (nSPS) is 11.3. The molecule has 0 unspecified atom stereocenters. The molecule has 0 atom stereocenters. The van der Waals surface area contributed by atoms with E-state index < -0.39 is 17.1 Å². The lowest BCUT2D eigenvalue weighted by Crippen LogP contribution is -2.38. The minimum Gasteiger partial charge on any atom is -0.306 e. The number of imidazole rings is 1. The van der Waals surface area contributed by atoms with E-state index in [0.717, 1.165) is 10.1 Å². The first-order valence-electron chi connectivity index (χ1n) is 8.38. The van der Waals surface area contributed by atoms with Crippen LogP contribution in [0.3, 0.4) is 0 Å². The Hall–Kier alpha value is -3.48. The summed E-state index contributed by atoms with van der Waals surface area (Å²) in [6, 6.07) is 9.55. The molecule has 27 heavy (non-hydrogen) atoms. The molecule has 0 saturated carbocycles. The maximum absolute atomic E-state index is 13.4. The number of pyridine rings is 1. The Morgan fingerprint density at radius 1 is 1.00 bits per heavy atom. The maximum atomic E-state index is 13.4. The predicted octanol–water partition coefficient (Wildman–Crippen LogP) is 2.51. The van der Waals surface area contributed by atoms with Crippen molar-refractivity contribution in [3.63, 3.8) is 0 Å². The van der Waals surface area contributed by atoms with E-state index in [-0.39, 0.29) is 0 Å². The zero-order valence-corrected chi connectivity index (χ0v) is 15.1. The molecule has 4 aromatic rings. The minimum atomic E-state index is -0.456. The monoisotopic (exact) mass is 364 g/mol. The van der Waals surface area contributed by atoms with Gasteiger partial charge < -0.3 is 4.40 Å². The highest BCUT2D eigenvalue weighted by molar-refractivity contribution is 5.79. The zero-order valence-electron chi connectivity index (χ0n) is 15.1. The quantitative estimate of drug-likeness (QED) is 0.549. The number of aromatic nitrogens is 4. The van der Waals surface area contributed by atoms with E-state index in [1.54, 1.807) is 25.4 Å². The average Bonchev–Trinajstić information content (AvgIpc) is 3.06. The number of rotatable bonds is 2. The molecule has 0 amide bonds. The van der Waals surface area contributed by atoms with Gasteiger partial charge in [-0.3, -0.25) is 13.9 Å². The van der Waals surface area contributed by atoms with Crippen LogP contribution < -0.4 is 11.2 Å². The van der Waals surface area contributed by atoms with Crippen LogP contribution in [0.5, 0.6) is 0 Å². The van der Waals surface area contributed by atoms with Crippen LogP contribution in [0.25, 0.3) is 28.2 Å². The molecule has 0 saturated heterocycles. The molecule has 0 aliphatic carbocycles. The third-order valence-corrected chi connectivity index (χ3v) is 4.65. The number of benzene rings is 1. The number of nitrogens with zero attached hydrogens (tertiary/aromatic N) is 4. The van der Waals surface area contributed by atoms with Crippen molar-refractivity contribution in [3.05, 3.63) is 81.0 Å². The highest BCUT2D eigenvalue weighted by atomic mass is 19.1. The fourth-order valence-electron chi connectivity index (χ4n) is 3.22. The molecule has 0 spiro atoms. The van der Waals surface area contributed by atoms with E-state index in [0.29, 0.717) is 28.2 Å². The van der Waals surface area contributed by atoms with Gasteiger partial charge in [0.2, 0.25) is 0 Å². The highest BCUT2D eigenvalue weighted by Crippen LogP contribution is 2.28. The molecule has 1 aromatic carbocycles. The zero-order chi connectivity index (χ0) is 19.3. The van der Waals surface area contributed by atoms with Crippen LogP contribution in [0, 0.1) is 12.7 Å². The fourth-order valence-corrected chi connectivity index (χ4v) is 3.22. The van der Waals surface area contributed by atoms with Gasteiger partial charge >= 0.3 is 5.69 Å². The maximum Gasteiger partial charge on any atom is 0.330 e. The van der Waals surface area contributed by atoms with Crippen molar-refractivity contribution in [2.75, 3.05) is 0 Å². The van der Waals surface area contributed by atoms with Crippen molar-refractivity contribution in [2.24, 2.45) is 14.1 Å². The molecule has 0 aliphatic heterocycles. The van der Waals surface area contributed by atoms with E-state index in [1.165, 1.54) is 23.7 Å². The van der Waals surface area contributed by atoms with Crippen molar-refractivity contribution in [2.45, 2.75) is 6.92 Å². The molecule has 136 valence electrons. The summed E-state index contributed by atoms with van der Waals surface area (Å²) in [5, 5.41) is 0. The summed E-state index contributed by atoms with van der Waals surface area (Å²) in [5.74, 6) is -0.391. The molecule has 0 fully saturated rings. The number of fused-ring (bicyclic) bond motifs is 1. The van der Waals surface area contributed by atoms with E-state index in [9.17, 15) is 14.0 Å². The summed E-state index contributed by atoms with van der Waals surface area (Å²) in [4.78, 5) is 30.0. The molecule has 0 aliphatic rings. The minimum absolute atomic E-state index is 0.299. The van der Waals surface area contributed by atoms with Crippen LogP contribution in [0.1, 0.15) is 5.56 Å². The average molecular weight is 364 g/mol. The number of hydrogen-bond acceptors (Lipinski definition) is 3. The largest absolute Gasteiger partial charge is 0.330 e. The van der Waals surface area contributed by atoms with Crippen LogP contribution in [-0.4, -0.2) is 18.5 Å². The summed E-state index contributed by atoms with van der Waals surface area (Å²) in [6.45, 7) is 1.96. The van der Waals surface area contributed by atoms with E-state index >= 15 is 0 Å². The smallest absolute Gasteiger partial charge is 0.306 e. The first-order chi connectivity index (χ1) is 12.9. The second kappa shape index (κ2) is 6.05. The summed E-state index contributed by atoms with van der Waals surface area (Å²) >= 11 is 0. The first kappa shape index (κ1) is 17.0. The van der Waals surface area contributed by atoms with E-state index in [4.69, 9.17) is 0 Å². The van der Waals surface area contributed by atoms with Gasteiger partial charge in [-0.25, -0.2) is 14.2 Å². The molecule has 6 nitrogen and oxygen atoms in total. The first-order valence-corrected chi connectivity index (χ1v) is 8.38. The van der Waals surface area contributed by atoms with Gasteiger partial charge in [-0.1, -0.05) is 0 Å². The molecular weight excluding hydrogens is 347 g/mol. The standard InChI is InChI=1S/C20H17FN4O2/c1-12-8-9-25-11-15(22-16(25)10-12)17-18(13-4-6-14(21)7-5-13)23(2)20(27)24(3)19(17)26/h4-11H,1-3H3. The summed E-state index contributed by atoms with van der Waals surface area (Å²) in [7, 11) is 3.02. The molecule has 0 radical (unpaired) electrons. The molecule has 3 heterocycles. The second-order valence-electron chi connectivity index (χ2n) is 6.53. The number of hydrogen-bond donors (Lipinski definition) is 0. The fraction of sp³-hybridized carbons (Fsp3) is 0.150. The van der Waals surface area contributed by atoms with E-state index in [1.807, 2.05) is 29.7 Å². The third kappa shape index (κ3) is 2.68. The molecular formula is C20H17FN4O2. The summed E-state index contributed by atoms with van der Waals surface area (Å²) in [6.07, 6.45) is 3.62. The van der Waals surface area contributed by atoms with Crippen LogP contribution in [0.2, 0.25) is 0 Å². The van der Waals surface area contributed by atoms with Crippen LogP contribution in [0.4, 0.5) is 4.39 Å². The Bertz CT molecular complexity index is 1300.